The first-order chi connectivity index (χ1) is 30.6. The zero-order valence-electron chi connectivity index (χ0n) is 35.7. The smallest absolute Gasteiger partial charge is 0.293 e. The molecule has 2 aliphatic heterocycles. The molecule has 2 aromatic heterocycles. The molecule has 3 N–H and O–H groups in total. The van der Waals surface area contributed by atoms with Crippen LogP contribution in [-0.4, -0.2) is 111 Å². The number of aromatic nitrogens is 2. The summed E-state index contributed by atoms with van der Waals surface area (Å²) in [6, 6.07) is 20.0. The third-order valence-electron chi connectivity index (χ3n) is 12.3. The van der Waals surface area contributed by atoms with E-state index in [4.69, 9.17) is 16.3 Å². The molecule has 2 fully saturated rings. The highest BCUT2D eigenvalue weighted by Crippen LogP contribution is 2.43. The number of benzene rings is 3. The molecule has 14 nitrogen and oxygen atoms in total. The molecule has 4 heterocycles. The molecule has 5 aromatic rings. The van der Waals surface area contributed by atoms with Crippen molar-refractivity contribution in [3.63, 3.8) is 0 Å². The second-order valence-electron chi connectivity index (χ2n) is 17.6. The Hall–Kier alpha value is -5.62. The summed E-state index contributed by atoms with van der Waals surface area (Å²) in [5, 5.41) is 16.6. The Morgan fingerprint density at radius 2 is 1.81 bits per heavy atom. The molecule has 18 heteroatoms. The molecule has 1 aliphatic carbocycles. The Balaban J connectivity index is 0.977. The van der Waals surface area contributed by atoms with Crippen LogP contribution in [0.5, 0.6) is 11.5 Å². The number of piperazine rings is 1. The number of aromatic amines is 1. The van der Waals surface area contributed by atoms with Gasteiger partial charge in [-0.05, 0) is 84.3 Å². The number of fused-ring (bicyclic) bond motifs is 1. The van der Waals surface area contributed by atoms with Crippen molar-refractivity contribution in [1.29, 1.82) is 0 Å². The lowest BCUT2D eigenvalue weighted by Crippen LogP contribution is -2.51. The highest BCUT2D eigenvalue weighted by molar-refractivity contribution is 7.90. The van der Waals surface area contributed by atoms with Crippen LogP contribution in [0.2, 0.25) is 5.02 Å². The zero-order valence-corrected chi connectivity index (χ0v) is 37.2. The summed E-state index contributed by atoms with van der Waals surface area (Å²) in [6.07, 6.45) is 4.83. The second kappa shape index (κ2) is 18.8. The number of anilines is 2. The molecule has 2 saturated heterocycles. The van der Waals surface area contributed by atoms with Crippen LogP contribution in [0.3, 0.4) is 0 Å². The summed E-state index contributed by atoms with van der Waals surface area (Å²) >= 11 is 6.23. The summed E-state index contributed by atoms with van der Waals surface area (Å²) in [5.41, 5.74) is 5.20. The van der Waals surface area contributed by atoms with Gasteiger partial charge < -0.3 is 19.9 Å². The lowest BCUT2D eigenvalue weighted by atomic mass is 9.72. The summed E-state index contributed by atoms with van der Waals surface area (Å²) in [5.74, 6) is -0.538. The number of nitrogens with one attached hydrogen (secondary N) is 3. The number of ether oxygens (including phenoxy) is 1. The molecule has 0 unspecified atom stereocenters. The number of alkyl halides is 2. The van der Waals surface area contributed by atoms with Crippen molar-refractivity contribution in [2.24, 2.45) is 11.3 Å². The number of amides is 1. The molecule has 0 bridgehead atoms. The maximum atomic E-state index is 13.9. The number of nitrogens with zero attached hydrogens (tertiary/aromatic N) is 5. The number of nitro benzene ring substituents is 1. The number of halogens is 3. The molecular formula is C46H51ClF2N8O6S. The van der Waals surface area contributed by atoms with Crippen LogP contribution < -0.4 is 19.7 Å². The normalized spacial score (nSPS) is 17.9. The van der Waals surface area contributed by atoms with Crippen LogP contribution in [0.15, 0.2) is 95.7 Å². The molecule has 3 aliphatic rings. The Morgan fingerprint density at radius 3 is 2.55 bits per heavy atom. The molecule has 0 radical (unpaired) electrons. The molecule has 3 aromatic carbocycles. The highest BCUT2D eigenvalue weighted by atomic mass is 35.5. The van der Waals surface area contributed by atoms with Gasteiger partial charge in [-0.2, -0.15) is 0 Å². The van der Waals surface area contributed by atoms with Crippen molar-refractivity contribution in [3.05, 3.63) is 117 Å². The van der Waals surface area contributed by atoms with E-state index in [1.54, 1.807) is 29.3 Å². The number of pyridine rings is 1. The van der Waals surface area contributed by atoms with E-state index in [2.05, 4.69) is 55.8 Å². The van der Waals surface area contributed by atoms with Crippen molar-refractivity contribution in [2.75, 3.05) is 75.8 Å². The maximum Gasteiger partial charge on any atom is 0.293 e. The molecule has 338 valence electrons. The summed E-state index contributed by atoms with van der Waals surface area (Å²) in [6.45, 7) is 8.72. The van der Waals surface area contributed by atoms with Gasteiger partial charge in [-0.15, -0.1) is 0 Å². The van der Waals surface area contributed by atoms with Crippen molar-refractivity contribution >= 4 is 61.2 Å². The first-order valence-electron chi connectivity index (χ1n) is 21.3. The lowest BCUT2D eigenvalue weighted by molar-refractivity contribution is -0.384. The van der Waals surface area contributed by atoms with E-state index in [-0.39, 0.29) is 34.9 Å². The number of H-pyrrole nitrogens is 1. The van der Waals surface area contributed by atoms with Crippen molar-refractivity contribution < 1.29 is 31.7 Å². The van der Waals surface area contributed by atoms with Crippen molar-refractivity contribution in [2.45, 2.75) is 44.2 Å². The number of hydrogen-bond donors (Lipinski definition) is 3. The predicted molar refractivity (Wildman–Crippen MR) is 244 cm³/mol. The fourth-order valence-electron chi connectivity index (χ4n) is 8.73. The minimum atomic E-state index is -4.62. The quantitative estimate of drug-likeness (QED) is 0.0642. The van der Waals surface area contributed by atoms with Crippen LogP contribution in [0.25, 0.3) is 16.6 Å². The molecule has 1 amide bonds. The summed E-state index contributed by atoms with van der Waals surface area (Å²) in [7, 11) is -4.62. The number of hydrogen-bond acceptors (Lipinski definition) is 11. The van der Waals surface area contributed by atoms with Gasteiger partial charge in [0.15, 0.2) is 0 Å². The van der Waals surface area contributed by atoms with Crippen LogP contribution in [0.1, 0.15) is 49.0 Å². The Labute approximate surface area is 375 Å². The lowest BCUT2D eigenvalue weighted by Gasteiger charge is -2.39. The fourth-order valence-corrected chi connectivity index (χ4v) is 9.85. The predicted octanol–water partition coefficient (Wildman–Crippen LogP) is 8.47. The average Bonchev–Trinajstić information content (AvgIpc) is 3.73. The van der Waals surface area contributed by atoms with Crippen LogP contribution >= 0.6 is 11.6 Å². The number of nitro groups is 1. The van der Waals surface area contributed by atoms with Gasteiger partial charge in [-0.3, -0.25) is 24.7 Å². The van der Waals surface area contributed by atoms with Gasteiger partial charge in [0, 0.05) is 99.2 Å². The van der Waals surface area contributed by atoms with E-state index < -0.39 is 44.3 Å². The van der Waals surface area contributed by atoms with E-state index in [9.17, 15) is 32.1 Å². The minimum absolute atomic E-state index is 0.0209. The molecule has 64 heavy (non-hydrogen) atoms. The molecule has 0 saturated carbocycles. The minimum Gasteiger partial charge on any atom is -0.455 e. The van der Waals surface area contributed by atoms with Crippen molar-refractivity contribution in [3.8, 4) is 11.5 Å². The van der Waals surface area contributed by atoms with Crippen LogP contribution in [-0.2, 0) is 10.0 Å². The molecule has 0 spiro atoms. The van der Waals surface area contributed by atoms with Gasteiger partial charge in [0.25, 0.3) is 21.6 Å². The van der Waals surface area contributed by atoms with Crippen LogP contribution in [0, 0.1) is 21.4 Å². The first-order valence-corrected chi connectivity index (χ1v) is 23.2. The van der Waals surface area contributed by atoms with E-state index in [0.29, 0.717) is 49.1 Å². The molecule has 8 rings (SSSR count). The third kappa shape index (κ3) is 10.5. The highest BCUT2D eigenvalue weighted by Gasteiger charge is 2.32. The van der Waals surface area contributed by atoms with E-state index in [0.717, 1.165) is 56.0 Å². The Bertz CT molecular complexity index is 2670. The summed E-state index contributed by atoms with van der Waals surface area (Å²) < 4.78 is 61.7. The summed E-state index contributed by atoms with van der Waals surface area (Å²) in [4.78, 5) is 38.7. The van der Waals surface area contributed by atoms with Gasteiger partial charge in [0.05, 0.1) is 21.6 Å². The van der Waals surface area contributed by atoms with Gasteiger partial charge >= 0.3 is 0 Å². The zero-order chi connectivity index (χ0) is 45.2. The second-order valence-corrected chi connectivity index (χ2v) is 19.8. The largest absolute Gasteiger partial charge is 0.455 e. The Morgan fingerprint density at radius 1 is 1.05 bits per heavy atom. The number of allylic oxidation sites excluding steroid dienone is 1. The van der Waals surface area contributed by atoms with Gasteiger partial charge in [0.1, 0.15) is 35.7 Å². The van der Waals surface area contributed by atoms with E-state index in [1.807, 2.05) is 18.2 Å². The fraction of sp³-hybridized carbons (Fsp3) is 0.391. The van der Waals surface area contributed by atoms with E-state index >= 15 is 0 Å². The van der Waals surface area contributed by atoms with Crippen molar-refractivity contribution in [1.82, 2.24) is 24.5 Å². The number of sulfonamides is 1. The number of carbonyl (C=O) groups excluding carboxylic acids is 1. The third-order valence-corrected chi connectivity index (χ3v) is 13.9. The van der Waals surface area contributed by atoms with Gasteiger partial charge in [0.2, 0.25) is 0 Å². The number of likely N-dealkylation sites (tertiary alicyclic amines) is 1. The molecule has 1 atom stereocenters. The maximum absolute atomic E-state index is 13.9. The van der Waals surface area contributed by atoms with E-state index in [1.165, 1.54) is 41.1 Å². The SMILES string of the molecule is CC1(C)CCC(CN2CCN(c3ccc(C(=O)NS(=O)(=O)c4ccc(NCC5CN(C[C@H](F)CF)C5)c([N+](=O)[O-])c4)c(Oc4cnc5[nH]ccc5c4)c3)CC2)=C(c2ccc(Cl)cc2)C1. The van der Waals surface area contributed by atoms with Gasteiger partial charge in [-0.1, -0.05) is 43.2 Å². The topological polar surface area (TPSA) is 166 Å². The van der Waals surface area contributed by atoms with Gasteiger partial charge in [-0.25, -0.2) is 26.9 Å². The standard InChI is InChI=1S/C46H51ClF2N8O6S/c1-46(2)13-11-33(40(22-46)31-3-5-34(47)6-4-31)28-54-15-17-56(18-16-54)36-7-9-39(43(20-36)63-37-19-32-12-14-50-44(32)52-25-37)45(58)53-64(61,62)38-8-10-41(42(21-38)57(59)60)51-24-30-26-55(27-30)29-35(49)23-48/h3-10,12,14,19-21,25,30,35,51H,11,13,15-18,22-24,26-29H2,1-2H3,(H,50,52)(H,53,58)/t35-/m1/s1. The molecular weight excluding hydrogens is 866 g/mol. The average molecular weight is 917 g/mol. The number of rotatable bonds is 16. The Kier molecular flexibility index (Phi) is 13.2. The monoisotopic (exact) mass is 916 g/mol. The van der Waals surface area contributed by atoms with Crippen LogP contribution in [0.4, 0.5) is 25.8 Å². The number of carbonyl (C=O) groups is 1. The first kappa shape index (κ1) is 45.0.